The van der Waals surface area contributed by atoms with E-state index in [1.807, 2.05) is 31.4 Å². The molecule has 2 heterocycles. The maximum atomic E-state index is 13.3. The van der Waals surface area contributed by atoms with Crippen molar-refractivity contribution in [3.05, 3.63) is 76.5 Å². The smallest absolute Gasteiger partial charge is 0.257 e. The lowest BCUT2D eigenvalue weighted by Crippen LogP contribution is -2.53. The van der Waals surface area contributed by atoms with Crippen molar-refractivity contribution in [3.63, 3.8) is 0 Å². The van der Waals surface area contributed by atoms with E-state index in [-0.39, 0.29) is 24.4 Å². The molecule has 6 nitrogen and oxygen atoms in total. The number of carbonyl (C=O) groups is 1. The Kier molecular flexibility index (Phi) is 6.55. The van der Waals surface area contributed by atoms with Crippen molar-refractivity contribution in [3.8, 4) is 0 Å². The molecule has 3 aromatic rings. The number of anilines is 2. The third-order valence-electron chi connectivity index (χ3n) is 5.95. The fraction of sp³-hybridized carbons (Fsp3) is 0.333. The van der Waals surface area contributed by atoms with Crippen molar-refractivity contribution in [2.75, 3.05) is 36.5 Å². The number of benzene rings is 2. The molecule has 3 N–H and O–H groups in total. The molecule has 0 saturated carbocycles. The Morgan fingerprint density at radius 2 is 1.97 bits per heavy atom. The Balaban J connectivity index is 1.44. The number of nitrogens with zero attached hydrogens (tertiary/aromatic N) is 2. The van der Waals surface area contributed by atoms with Crippen LogP contribution in [0.4, 0.5) is 15.2 Å². The Bertz CT molecular complexity index is 1070. The molecule has 168 valence electrons. The van der Waals surface area contributed by atoms with Crippen LogP contribution in [0.25, 0.3) is 0 Å². The molecule has 32 heavy (non-hydrogen) atoms. The van der Waals surface area contributed by atoms with E-state index in [1.54, 1.807) is 24.3 Å². The van der Waals surface area contributed by atoms with E-state index < -0.39 is 5.41 Å². The van der Waals surface area contributed by atoms with Gasteiger partial charge in [-0.3, -0.25) is 10.1 Å². The van der Waals surface area contributed by atoms with Crippen molar-refractivity contribution in [2.45, 2.75) is 25.3 Å². The van der Waals surface area contributed by atoms with Gasteiger partial charge in [0.2, 0.25) is 0 Å². The topological polar surface area (TPSA) is 77.5 Å². The van der Waals surface area contributed by atoms with Gasteiger partial charge in [0.1, 0.15) is 5.82 Å². The van der Waals surface area contributed by atoms with Gasteiger partial charge in [-0.25, -0.2) is 9.37 Å². The summed E-state index contributed by atoms with van der Waals surface area (Å²) in [4.78, 5) is 19.5. The van der Waals surface area contributed by atoms with Gasteiger partial charge in [0.05, 0.1) is 18.3 Å². The lowest BCUT2D eigenvalue weighted by molar-refractivity contribution is 0.102. The van der Waals surface area contributed by atoms with Crippen LogP contribution in [-0.2, 0) is 5.41 Å². The minimum atomic E-state index is -0.415. The van der Waals surface area contributed by atoms with Gasteiger partial charge < -0.3 is 15.3 Å². The average molecular weight is 455 g/mol. The Morgan fingerprint density at radius 1 is 1.25 bits per heavy atom. The van der Waals surface area contributed by atoms with Gasteiger partial charge in [0, 0.05) is 41.7 Å². The van der Waals surface area contributed by atoms with E-state index in [2.05, 4.69) is 20.5 Å². The number of piperazine rings is 1. The summed E-state index contributed by atoms with van der Waals surface area (Å²) in [6, 6.07) is 13.8. The summed E-state index contributed by atoms with van der Waals surface area (Å²) in [5, 5.41) is 18.2. The molecular formula is C24H27FN4O2S. The van der Waals surface area contributed by atoms with Crippen LogP contribution in [0.15, 0.2) is 53.9 Å². The highest BCUT2D eigenvalue weighted by atomic mass is 32.1. The fourth-order valence-corrected chi connectivity index (χ4v) is 4.74. The quantitative estimate of drug-likeness (QED) is 0.530. The van der Waals surface area contributed by atoms with E-state index in [0.717, 1.165) is 36.6 Å². The molecule has 1 aliphatic rings. The Hall–Kier alpha value is -2.81. The second-order valence-electron chi connectivity index (χ2n) is 8.40. The summed E-state index contributed by atoms with van der Waals surface area (Å²) in [5.74, 6) is -0.498. The summed E-state index contributed by atoms with van der Waals surface area (Å²) in [6.45, 7) is 6.53. The van der Waals surface area contributed by atoms with E-state index in [1.165, 1.54) is 23.5 Å². The van der Waals surface area contributed by atoms with Gasteiger partial charge in [0.15, 0.2) is 5.13 Å². The number of amides is 1. The predicted octanol–water partition coefficient (Wildman–Crippen LogP) is 3.63. The second kappa shape index (κ2) is 9.36. The summed E-state index contributed by atoms with van der Waals surface area (Å²) in [7, 11) is 0. The molecular weight excluding hydrogens is 427 g/mol. The number of nitrogens with one attached hydrogen (secondary N) is 2. The number of hydrogen-bond donors (Lipinski definition) is 3. The summed E-state index contributed by atoms with van der Waals surface area (Å²) < 4.78 is 13.3. The van der Waals surface area contributed by atoms with Crippen molar-refractivity contribution < 1.29 is 14.3 Å². The zero-order valence-electron chi connectivity index (χ0n) is 18.1. The van der Waals surface area contributed by atoms with Crippen molar-refractivity contribution >= 4 is 28.1 Å². The van der Waals surface area contributed by atoms with Crippen molar-refractivity contribution in [2.24, 2.45) is 0 Å². The summed E-state index contributed by atoms with van der Waals surface area (Å²) in [6.07, 6.45) is 0. The van der Waals surface area contributed by atoms with Crippen LogP contribution in [0.1, 0.15) is 35.5 Å². The van der Waals surface area contributed by atoms with Crippen LogP contribution in [-0.4, -0.2) is 48.3 Å². The van der Waals surface area contributed by atoms with E-state index in [9.17, 15) is 14.3 Å². The maximum absolute atomic E-state index is 13.3. The van der Waals surface area contributed by atoms with E-state index in [4.69, 9.17) is 0 Å². The number of rotatable bonds is 6. The van der Waals surface area contributed by atoms with Crippen LogP contribution >= 0.6 is 11.3 Å². The lowest BCUT2D eigenvalue weighted by Gasteiger charge is -2.37. The first-order valence-electron chi connectivity index (χ1n) is 10.6. The molecule has 0 spiro atoms. The molecule has 1 fully saturated rings. The summed E-state index contributed by atoms with van der Waals surface area (Å²) >= 11 is 1.37. The number of carbonyl (C=O) groups excluding carboxylic acids is 1. The van der Waals surface area contributed by atoms with Gasteiger partial charge in [-0.2, -0.15) is 0 Å². The van der Waals surface area contributed by atoms with Crippen molar-refractivity contribution in [1.82, 2.24) is 10.3 Å². The molecule has 1 amide bonds. The first-order valence-corrected chi connectivity index (χ1v) is 11.5. The normalized spacial score (nSPS) is 16.8. The molecule has 4 rings (SSSR count). The van der Waals surface area contributed by atoms with E-state index >= 15 is 0 Å². The van der Waals surface area contributed by atoms with Gasteiger partial charge in [0.25, 0.3) is 5.91 Å². The first-order chi connectivity index (χ1) is 15.4. The second-order valence-corrected chi connectivity index (χ2v) is 9.26. The highest BCUT2D eigenvalue weighted by molar-refractivity contribution is 7.14. The van der Waals surface area contributed by atoms with Crippen LogP contribution < -0.4 is 15.5 Å². The molecule has 1 atom stereocenters. The molecule has 1 unspecified atom stereocenters. The van der Waals surface area contributed by atoms with E-state index in [0.29, 0.717) is 10.7 Å². The van der Waals surface area contributed by atoms with Crippen LogP contribution in [0, 0.1) is 5.82 Å². The molecule has 0 bridgehead atoms. The van der Waals surface area contributed by atoms with Crippen LogP contribution in [0.5, 0.6) is 0 Å². The number of aliphatic hydroxyl groups excluding tert-OH is 1. The molecule has 0 aliphatic carbocycles. The molecule has 1 aromatic heterocycles. The first kappa shape index (κ1) is 22.4. The standard InChI is InChI=1S/C24H27FN4O2S/c1-24(2,17-5-7-18(25)8-6-17)21-15-32-23(27-21)28-22(31)16-3-9-19(10-4-16)29-12-11-26-13-20(29)14-30/h3-10,15,20,26,30H,11-14H2,1-2H3,(H,27,28,31). The number of hydrogen-bond acceptors (Lipinski definition) is 6. The van der Waals surface area contributed by atoms with Gasteiger partial charge in [-0.1, -0.05) is 26.0 Å². The number of thiazole rings is 1. The molecule has 8 heteroatoms. The molecule has 1 aliphatic heterocycles. The summed E-state index contributed by atoms with van der Waals surface area (Å²) in [5.41, 5.74) is 2.88. The number of aromatic nitrogens is 1. The van der Waals surface area contributed by atoms with Crippen LogP contribution in [0.3, 0.4) is 0 Å². The minimum Gasteiger partial charge on any atom is -0.394 e. The van der Waals surface area contributed by atoms with Crippen LogP contribution in [0.2, 0.25) is 0 Å². The van der Waals surface area contributed by atoms with Gasteiger partial charge in [-0.05, 0) is 42.0 Å². The van der Waals surface area contributed by atoms with Gasteiger partial charge in [-0.15, -0.1) is 11.3 Å². The Labute approximate surface area is 191 Å². The highest BCUT2D eigenvalue weighted by Gasteiger charge is 2.27. The third-order valence-corrected chi connectivity index (χ3v) is 6.71. The molecule has 0 radical (unpaired) electrons. The molecule has 1 saturated heterocycles. The SMILES string of the molecule is CC(C)(c1ccc(F)cc1)c1csc(NC(=O)c2ccc(N3CCNCC3CO)cc2)n1. The molecule has 2 aromatic carbocycles. The lowest BCUT2D eigenvalue weighted by atomic mass is 9.82. The predicted molar refractivity (Wildman–Crippen MR) is 126 cm³/mol. The Morgan fingerprint density at radius 3 is 2.66 bits per heavy atom. The number of aliphatic hydroxyl groups is 1. The average Bonchev–Trinajstić information content (AvgIpc) is 3.29. The largest absolute Gasteiger partial charge is 0.394 e. The van der Waals surface area contributed by atoms with Gasteiger partial charge >= 0.3 is 0 Å². The zero-order valence-corrected chi connectivity index (χ0v) is 19.0. The number of halogens is 1. The fourth-order valence-electron chi connectivity index (χ4n) is 3.87. The monoisotopic (exact) mass is 454 g/mol. The highest BCUT2D eigenvalue weighted by Crippen LogP contribution is 2.33. The third kappa shape index (κ3) is 4.67. The zero-order chi connectivity index (χ0) is 22.7. The minimum absolute atomic E-state index is 0.0293. The van der Waals surface area contributed by atoms with Crippen molar-refractivity contribution in [1.29, 1.82) is 0 Å². The maximum Gasteiger partial charge on any atom is 0.257 e.